The lowest BCUT2D eigenvalue weighted by Gasteiger charge is -2.40. The fraction of sp³-hybridized carbons (Fsp3) is 0.562. The molecule has 2 heteroatoms. The second-order valence-electron chi connectivity index (χ2n) is 6.14. The van der Waals surface area contributed by atoms with Gasteiger partial charge in [0.2, 0.25) is 0 Å². The van der Waals surface area contributed by atoms with Crippen LogP contribution in [-0.4, -0.2) is 17.4 Å². The van der Waals surface area contributed by atoms with Crippen molar-refractivity contribution in [2.45, 2.75) is 46.1 Å². The molecule has 2 nitrogen and oxygen atoms in total. The molecule has 2 atom stereocenters. The van der Waals surface area contributed by atoms with Crippen LogP contribution in [-0.2, 0) is 0 Å². The molecule has 1 fully saturated rings. The van der Waals surface area contributed by atoms with Gasteiger partial charge in [0.05, 0.1) is 6.04 Å². The van der Waals surface area contributed by atoms with Crippen LogP contribution in [0, 0.1) is 11.3 Å². The second kappa shape index (κ2) is 5.13. The molecule has 1 aliphatic carbocycles. The molecule has 0 heterocycles. The van der Waals surface area contributed by atoms with Crippen molar-refractivity contribution in [1.82, 2.24) is 0 Å². The molecule has 0 aliphatic heterocycles. The Morgan fingerprint density at radius 2 is 2.06 bits per heavy atom. The van der Waals surface area contributed by atoms with Gasteiger partial charge in [-0.15, -0.1) is 0 Å². The van der Waals surface area contributed by atoms with Crippen molar-refractivity contribution in [3.63, 3.8) is 0 Å². The summed E-state index contributed by atoms with van der Waals surface area (Å²) in [5.74, 6) is 0.929. The van der Waals surface area contributed by atoms with E-state index in [1.54, 1.807) is 6.07 Å². The number of para-hydroxylation sites is 1. The van der Waals surface area contributed by atoms with E-state index < -0.39 is 0 Å². The van der Waals surface area contributed by atoms with Crippen molar-refractivity contribution in [2.24, 2.45) is 16.3 Å². The summed E-state index contributed by atoms with van der Waals surface area (Å²) >= 11 is 0. The summed E-state index contributed by atoms with van der Waals surface area (Å²) in [6.07, 6.45) is 5.63. The van der Waals surface area contributed by atoms with Crippen molar-refractivity contribution in [1.29, 1.82) is 0 Å². The van der Waals surface area contributed by atoms with Gasteiger partial charge >= 0.3 is 0 Å². The molecule has 1 aromatic carbocycles. The lowest BCUT2D eigenvalue weighted by Crippen LogP contribution is -2.37. The highest BCUT2D eigenvalue weighted by Crippen LogP contribution is 2.40. The molecule has 1 saturated carbocycles. The number of hydrogen-bond donors (Lipinski definition) is 1. The number of phenols is 1. The van der Waals surface area contributed by atoms with Gasteiger partial charge < -0.3 is 5.11 Å². The third kappa shape index (κ3) is 2.74. The zero-order chi connectivity index (χ0) is 13.2. The lowest BCUT2D eigenvalue weighted by molar-refractivity contribution is 0.151. The monoisotopic (exact) mass is 245 g/mol. The van der Waals surface area contributed by atoms with Gasteiger partial charge in [0, 0.05) is 11.8 Å². The molecule has 98 valence electrons. The molecule has 0 aromatic heterocycles. The van der Waals surface area contributed by atoms with Gasteiger partial charge in [-0.25, -0.2) is 0 Å². The molecule has 1 N–H and O–H groups in total. The van der Waals surface area contributed by atoms with Crippen LogP contribution in [0.4, 0.5) is 0 Å². The number of hydrogen-bond acceptors (Lipinski definition) is 2. The van der Waals surface area contributed by atoms with Crippen molar-refractivity contribution < 1.29 is 5.11 Å². The maximum atomic E-state index is 9.74. The molecule has 0 unspecified atom stereocenters. The van der Waals surface area contributed by atoms with E-state index in [4.69, 9.17) is 4.99 Å². The number of benzene rings is 1. The van der Waals surface area contributed by atoms with Gasteiger partial charge in [-0.2, -0.15) is 0 Å². The predicted octanol–water partition coefficient (Wildman–Crippen LogP) is 4.03. The quantitative estimate of drug-likeness (QED) is 0.784. The normalized spacial score (nSPS) is 27.5. The van der Waals surface area contributed by atoms with Gasteiger partial charge in [-0.1, -0.05) is 39.3 Å². The highest BCUT2D eigenvalue weighted by molar-refractivity contribution is 5.83. The summed E-state index contributed by atoms with van der Waals surface area (Å²) in [7, 11) is 0. The van der Waals surface area contributed by atoms with Crippen LogP contribution in [0.25, 0.3) is 0 Å². The first-order chi connectivity index (χ1) is 8.50. The Morgan fingerprint density at radius 1 is 1.33 bits per heavy atom. The third-order valence-electron chi connectivity index (χ3n) is 4.13. The van der Waals surface area contributed by atoms with Gasteiger partial charge in [0.1, 0.15) is 5.75 Å². The summed E-state index contributed by atoms with van der Waals surface area (Å²) < 4.78 is 0. The molecule has 18 heavy (non-hydrogen) atoms. The van der Waals surface area contributed by atoms with Crippen LogP contribution in [0.3, 0.4) is 0 Å². The Labute approximate surface area is 110 Å². The van der Waals surface area contributed by atoms with Gasteiger partial charge in [-0.3, -0.25) is 4.99 Å². The van der Waals surface area contributed by atoms with E-state index in [9.17, 15) is 5.11 Å². The molecule has 0 amide bonds. The van der Waals surface area contributed by atoms with Crippen molar-refractivity contribution in [3.8, 4) is 5.75 Å². The molecule has 2 rings (SSSR count). The Morgan fingerprint density at radius 3 is 2.72 bits per heavy atom. The predicted molar refractivity (Wildman–Crippen MR) is 76.3 cm³/mol. The average molecular weight is 245 g/mol. The van der Waals surface area contributed by atoms with E-state index in [0.717, 1.165) is 5.56 Å². The number of aliphatic imine (C=N–C) groups is 1. The first kappa shape index (κ1) is 13.1. The highest BCUT2D eigenvalue weighted by Gasteiger charge is 2.36. The molecule has 1 aliphatic rings. The van der Waals surface area contributed by atoms with Crippen molar-refractivity contribution in [3.05, 3.63) is 29.8 Å². The summed E-state index contributed by atoms with van der Waals surface area (Å²) in [6, 6.07) is 7.72. The van der Waals surface area contributed by atoms with E-state index in [-0.39, 0.29) is 5.41 Å². The molecule has 0 radical (unpaired) electrons. The van der Waals surface area contributed by atoms with Gasteiger partial charge in [-0.05, 0) is 36.3 Å². The van der Waals surface area contributed by atoms with Gasteiger partial charge in [0.25, 0.3) is 0 Å². The minimum Gasteiger partial charge on any atom is -0.507 e. The minimum absolute atomic E-state index is 0.262. The van der Waals surface area contributed by atoms with Crippen molar-refractivity contribution >= 4 is 6.21 Å². The van der Waals surface area contributed by atoms with Crippen LogP contribution in [0.5, 0.6) is 5.75 Å². The van der Waals surface area contributed by atoms with E-state index >= 15 is 0 Å². The number of rotatable bonds is 2. The highest BCUT2D eigenvalue weighted by atomic mass is 16.3. The molecular formula is C16H23NO. The topological polar surface area (TPSA) is 32.6 Å². The van der Waals surface area contributed by atoms with E-state index in [1.807, 2.05) is 24.4 Å². The van der Waals surface area contributed by atoms with Crippen LogP contribution in [0.1, 0.15) is 45.6 Å². The number of aromatic hydroxyl groups is 1. The standard InChI is InChI=1S/C16H23NO/c1-12-7-6-10-16(2,3)15(12)17-11-13-8-4-5-9-14(13)18/h4-5,8-9,11-12,15,18H,6-7,10H2,1-3H3/t12-,15+/m0/s1. The summed E-state index contributed by atoms with van der Waals surface area (Å²) in [4.78, 5) is 4.76. The second-order valence-corrected chi connectivity index (χ2v) is 6.14. The largest absolute Gasteiger partial charge is 0.507 e. The summed E-state index contributed by atoms with van der Waals surface area (Å²) in [6.45, 7) is 6.89. The van der Waals surface area contributed by atoms with Crippen LogP contribution in [0.2, 0.25) is 0 Å². The van der Waals surface area contributed by atoms with Crippen LogP contribution < -0.4 is 0 Å². The Bertz CT molecular complexity index is 436. The number of nitrogens with zero attached hydrogens (tertiary/aromatic N) is 1. The Kier molecular flexibility index (Phi) is 3.74. The molecular weight excluding hydrogens is 222 g/mol. The van der Waals surface area contributed by atoms with E-state index in [0.29, 0.717) is 17.7 Å². The minimum atomic E-state index is 0.262. The molecule has 1 aromatic rings. The maximum Gasteiger partial charge on any atom is 0.124 e. The zero-order valence-electron chi connectivity index (χ0n) is 11.6. The Hall–Kier alpha value is -1.31. The van der Waals surface area contributed by atoms with E-state index in [1.165, 1.54) is 19.3 Å². The van der Waals surface area contributed by atoms with Crippen molar-refractivity contribution in [2.75, 3.05) is 0 Å². The molecule has 0 spiro atoms. The van der Waals surface area contributed by atoms with Crippen LogP contribution in [0.15, 0.2) is 29.3 Å². The fourth-order valence-corrected chi connectivity index (χ4v) is 3.06. The summed E-state index contributed by atoms with van der Waals surface area (Å²) in [5.41, 5.74) is 1.07. The molecule has 0 bridgehead atoms. The molecule has 0 saturated heterocycles. The first-order valence-electron chi connectivity index (χ1n) is 6.82. The SMILES string of the molecule is C[C@H]1CCCC(C)(C)[C@@H]1N=Cc1ccccc1O. The zero-order valence-corrected chi connectivity index (χ0v) is 11.6. The van der Waals surface area contributed by atoms with E-state index in [2.05, 4.69) is 20.8 Å². The lowest BCUT2D eigenvalue weighted by atomic mass is 9.69. The average Bonchev–Trinajstić information content (AvgIpc) is 2.30. The number of phenolic OH excluding ortho intramolecular Hbond substituents is 1. The fourth-order valence-electron chi connectivity index (χ4n) is 3.06. The first-order valence-corrected chi connectivity index (χ1v) is 6.82. The van der Waals surface area contributed by atoms with Gasteiger partial charge in [0.15, 0.2) is 0 Å². The maximum absolute atomic E-state index is 9.74. The third-order valence-corrected chi connectivity index (χ3v) is 4.13. The summed E-state index contributed by atoms with van der Waals surface area (Å²) in [5, 5.41) is 9.74. The smallest absolute Gasteiger partial charge is 0.124 e. The Balaban J connectivity index is 2.19. The van der Waals surface area contributed by atoms with Crippen LogP contribution >= 0.6 is 0 Å².